The largest absolute Gasteiger partial charge is 0.396 e. The molecule has 0 spiro atoms. The highest BCUT2D eigenvalue weighted by Crippen LogP contribution is 1.93. The molecule has 3 nitrogen and oxygen atoms in total. The minimum absolute atomic E-state index is 0.142. The average molecular weight is 148 g/mol. The van der Waals surface area contributed by atoms with Gasteiger partial charge < -0.3 is 14.6 Å². The van der Waals surface area contributed by atoms with Crippen LogP contribution in [0.1, 0.15) is 20.3 Å². The third-order valence-corrected chi connectivity index (χ3v) is 1.06. The highest BCUT2D eigenvalue weighted by atomic mass is 16.7. The lowest BCUT2D eigenvalue weighted by molar-refractivity contribution is -0.128. The van der Waals surface area contributed by atoms with Crippen molar-refractivity contribution in [3.05, 3.63) is 0 Å². The highest BCUT2D eigenvalue weighted by molar-refractivity contribution is 4.33. The summed E-state index contributed by atoms with van der Waals surface area (Å²) in [6, 6.07) is 0. The smallest absolute Gasteiger partial charge is 0.154 e. The van der Waals surface area contributed by atoms with Crippen LogP contribution in [0.25, 0.3) is 0 Å². The average Bonchev–Trinajstić information content (AvgIpc) is 1.89. The molecule has 0 saturated heterocycles. The van der Waals surface area contributed by atoms with Crippen molar-refractivity contribution in [3.8, 4) is 0 Å². The Morgan fingerprint density at radius 2 is 2.10 bits per heavy atom. The first-order chi connectivity index (χ1) is 4.81. The number of hydrogen-bond acceptors (Lipinski definition) is 3. The van der Waals surface area contributed by atoms with Crippen LogP contribution in [0.5, 0.6) is 0 Å². The molecule has 0 bridgehead atoms. The van der Waals surface area contributed by atoms with Gasteiger partial charge in [-0.25, -0.2) is 0 Å². The Hall–Kier alpha value is -0.120. The van der Waals surface area contributed by atoms with E-state index in [1.165, 1.54) is 0 Å². The van der Waals surface area contributed by atoms with Crippen molar-refractivity contribution in [2.75, 3.05) is 19.8 Å². The molecule has 10 heavy (non-hydrogen) atoms. The van der Waals surface area contributed by atoms with E-state index in [-0.39, 0.29) is 12.9 Å². The van der Waals surface area contributed by atoms with Crippen LogP contribution in [0.2, 0.25) is 0 Å². The fourth-order valence-corrected chi connectivity index (χ4v) is 0.597. The summed E-state index contributed by atoms with van der Waals surface area (Å²) in [6.45, 7) is 5.18. The number of rotatable bonds is 6. The standard InChI is InChI=1S/C7H16O3/c1-3-9-7(2)10-6-4-5-8/h7-8H,3-6H2,1-2H3. The van der Waals surface area contributed by atoms with Crippen molar-refractivity contribution in [2.45, 2.75) is 26.6 Å². The molecule has 0 radical (unpaired) electrons. The Kier molecular flexibility index (Phi) is 6.91. The Labute approximate surface area is 62.0 Å². The van der Waals surface area contributed by atoms with Gasteiger partial charge in [-0.05, 0) is 20.3 Å². The fourth-order valence-electron chi connectivity index (χ4n) is 0.597. The molecule has 0 fully saturated rings. The summed E-state index contributed by atoms with van der Waals surface area (Å²) in [7, 11) is 0. The van der Waals surface area contributed by atoms with Gasteiger partial charge in [-0.1, -0.05) is 0 Å². The van der Waals surface area contributed by atoms with Gasteiger partial charge in [-0.2, -0.15) is 0 Å². The van der Waals surface area contributed by atoms with E-state index >= 15 is 0 Å². The van der Waals surface area contributed by atoms with E-state index < -0.39 is 0 Å². The highest BCUT2D eigenvalue weighted by Gasteiger charge is 1.97. The monoisotopic (exact) mass is 148 g/mol. The molecule has 0 aliphatic carbocycles. The van der Waals surface area contributed by atoms with Crippen molar-refractivity contribution in [1.29, 1.82) is 0 Å². The lowest BCUT2D eigenvalue weighted by Crippen LogP contribution is -2.13. The van der Waals surface area contributed by atoms with Crippen molar-refractivity contribution in [1.82, 2.24) is 0 Å². The third kappa shape index (κ3) is 6.01. The second kappa shape index (κ2) is 6.99. The van der Waals surface area contributed by atoms with Crippen LogP contribution in [0.3, 0.4) is 0 Å². The normalized spacial score (nSPS) is 13.5. The van der Waals surface area contributed by atoms with Crippen LogP contribution >= 0.6 is 0 Å². The van der Waals surface area contributed by atoms with Crippen LogP contribution in [0.15, 0.2) is 0 Å². The Morgan fingerprint density at radius 1 is 1.40 bits per heavy atom. The van der Waals surface area contributed by atoms with Crippen LogP contribution in [-0.4, -0.2) is 31.2 Å². The molecule has 3 heteroatoms. The second-order valence-corrected chi connectivity index (χ2v) is 1.97. The van der Waals surface area contributed by atoms with Crippen LogP contribution in [0.4, 0.5) is 0 Å². The number of aliphatic hydroxyl groups excluding tert-OH is 1. The van der Waals surface area contributed by atoms with Crippen molar-refractivity contribution >= 4 is 0 Å². The quantitative estimate of drug-likeness (QED) is 0.446. The zero-order valence-corrected chi connectivity index (χ0v) is 6.67. The van der Waals surface area contributed by atoms with Crippen molar-refractivity contribution in [2.24, 2.45) is 0 Å². The van der Waals surface area contributed by atoms with E-state index in [2.05, 4.69) is 0 Å². The molecular formula is C7H16O3. The van der Waals surface area contributed by atoms with Crippen molar-refractivity contribution < 1.29 is 14.6 Å². The molecule has 0 aliphatic heterocycles. The Balaban J connectivity index is 2.97. The van der Waals surface area contributed by atoms with Gasteiger partial charge in [0.2, 0.25) is 0 Å². The van der Waals surface area contributed by atoms with Crippen LogP contribution < -0.4 is 0 Å². The summed E-state index contributed by atoms with van der Waals surface area (Å²) in [5.41, 5.74) is 0. The van der Waals surface area contributed by atoms with E-state index in [9.17, 15) is 0 Å². The maximum absolute atomic E-state index is 8.39. The summed E-state index contributed by atoms with van der Waals surface area (Å²) in [4.78, 5) is 0. The Bertz CT molecular complexity index is 65.9. The van der Waals surface area contributed by atoms with Gasteiger partial charge in [0.05, 0.1) is 6.61 Å². The van der Waals surface area contributed by atoms with E-state index in [0.29, 0.717) is 19.6 Å². The molecule has 0 aromatic rings. The molecule has 0 aliphatic rings. The topological polar surface area (TPSA) is 38.7 Å². The van der Waals surface area contributed by atoms with Gasteiger partial charge in [0, 0.05) is 13.2 Å². The van der Waals surface area contributed by atoms with E-state index in [1.807, 2.05) is 13.8 Å². The summed E-state index contributed by atoms with van der Waals surface area (Å²) in [5.74, 6) is 0. The predicted molar refractivity (Wildman–Crippen MR) is 38.7 cm³/mol. The maximum Gasteiger partial charge on any atom is 0.154 e. The molecule has 0 rings (SSSR count). The van der Waals surface area contributed by atoms with Gasteiger partial charge in [-0.3, -0.25) is 0 Å². The second-order valence-electron chi connectivity index (χ2n) is 1.97. The van der Waals surface area contributed by atoms with Crippen LogP contribution in [-0.2, 0) is 9.47 Å². The summed E-state index contributed by atoms with van der Waals surface area (Å²) < 4.78 is 10.2. The molecule has 0 aromatic carbocycles. The molecule has 1 N–H and O–H groups in total. The molecule has 0 saturated carbocycles. The molecule has 0 heterocycles. The molecule has 1 atom stereocenters. The van der Waals surface area contributed by atoms with Gasteiger partial charge >= 0.3 is 0 Å². The lowest BCUT2D eigenvalue weighted by atomic mass is 10.5. The third-order valence-electron chi connectivity index (χ3n) is 1.06. The van der Waals surface area contributed by atoms with Gasteiger partial charge in [-0.15, -0.1) is 0 Å². The zero-order valence-electron chi connectivity index (χ0n) is 6.67. The van der Waals surface area contributed by atoms with E-state index in [4.69, 9.17) is 14.6 Å². The first kappa shape index (κ1) is 9.88. The summed E-state index contributed by atoms with van der Waals surface area (Å²) >= 11 is 0. The minimum Gasteiger partial charge on any atom is -0.396 e. The van der Waals surface area contributed by atoms with Gasteiger partial charge in [0.1, 0.15) is 0 Å². The van der Waals surface area contributed by atoms with E-state index in [1.54, 1.807) is 0 Å². The van der Waals surface area contributed by atoms with E-state index in [0.717, 1.165) is 0 Å². The molecule has 62 valence electrons. The number of hydrogen-bond donors (Lipinski definition) is 1. The van der Waals surface area contributed by atoms with Gasteiger partial charge in [0.15, 0.2) is 6.29 Å². The molecule has 1 unspecified atom stereocenters. The summed E-state index contributed by atoms with van der Waals surface area (Å²) in [5, 5.41) is 8.39. The van der Waals surface area contributed by atoms with Crippen molar-refractivity contribution in [3.63, 3.8) is 0 Å². The predicted octanol–water partition coefficient (Wildman–Crippen LogP) is 0.768. The SMILES string of the molecule is CCOC(C)OCCCO. The summed E-state index contributed by atoms with van der Waals surface area (Å²) in [6.07, 6.45) is 0.536. The first-order valence-electron chi connectivity index (χ1n) is 3.65. The van der Waals surface area contributed by atoms with Crippen LogP contribution in [0, 0.1) is 0 Å². The minimum atomic E-state index is -0.142. The molecule has 0 amide bonds. The fraction of sp³-hybridized carbons (Fsp3) is 1.00. The molecule has 0 aromatic heterocycles. The molecular weight excluding hydrogens is 132 g/mol. The maximum atomic E-state index is 8.39. The lowest BCUT2D eigenvalue weighted by Gasteiger charge is -2.11. The van der Waals surface area contributed by atoms with Gasteiger partial charge in [0.25, 0.3) is 0 Å². The number of aliphatic hydroxyl groups is 1. The first-order valence-corrected chi connectivity index (χ1v) is 3.65. The Morgan fingerprint density at radius 3 is 2.60 bits per heavy atom. The zero-order chi connectivity index (χ0) is 7.82. The number of ether oxygens (including phenoxy) is 2.